The van der Waals surface area contributed by atoms with E-state index in [4.69, 9.17) is 9.83 Å². The lowest BCUT2D eigenvalue weighted by Crippen LogP contribution is -2.40. The van der Waals surface area contributed by atoms with Crippen LogP contribution in [0, 0.1) is 5.41 Å². The van der Waals surface area contributed by atoms with Gasteiger partial charge in [-0.15, -0.1) is 0 Å². The quantitative estimate of drug-likeness (QED) is 0.177. The molecule has 0 radical (unpaired) electrons. The Morgan fingerprint density at radius 1 is 1.39 bits per heavy atom. The fraction of sp³-hybridized carbons (Fsp3) is 0.417. The van der Waals surface area contributed by atoms with Gasteiger partial charge in [-0.2, -0.15) is 13.2 Å². The first-order valence-electron chi connectivity index (χ1n) is 11.7. The smallest absolute Gasteiger partial charge is 0.392 e. The zero-order chi connectivity index (χ0) is 28.0. The second-order valence-electron chi connectivity index (χ2n) is 8.67. The number of amides is 2. The maximum absolute atomic E-state index is 12.7. The van der Waals surface area contributed by atoms with E-state index >= 15 is 0 Å². The predicted octanol–water partition coefficient (Wildman–Crippen LogP) is 2.67. The highest BCUT2D eigenvalue weighted by molar-refractivity contribution is 6.06. The molecule has 1 aliphatic rings. The van der Waals surface area contributed by atoms with Crippen molar-refractivity contribution in [1.29, 1.82) is 5.41 Å². The number of aromatic nitrogens is 2. The molecule has 1 saturated heterocycles. The first-order chi connectivity index (χ1) is 17.9. The average Bonchev–Trinajstić information content (AvgIpc) is 3.48. The number of aliphatic hydroxyl groups is 1. The molecule has 1 aliphatic heterocycles. The van der Waals surface area contributed by atoms with Crippen LogP contribution in [-0.2, 0) is 0 Å². The molecule has 14 heteroatoms. The molecule has 5 N–H and O–H groups in total. The fourth-order valence-electron chi connectivity index (χ4n) is 3.77. The molecule has 206 valence electrons. The normalized spacial score (nSPS) is 17.7. The summed E-state index contributed by atoms with van der Waals surface area (Å²) in [5, 5.41) is 27.9. The van der Waals surface area contributed by atoms with Crippen LogP contribution in [0.15, 0.2) is 47.0 Å². The van der Waals surface area contributed by atoms with Crippen LogP contribution < -0.4 is 16.0 Å². The van der Waals surface area contributed by atoms with Crippen molar-refractivity contribution in [1.82, 2.24) is 35.7 Å². The third-order valence-corrected chi connectivity index (χ3v) is 5.87. The lowest BCUT2D eigenvalue weighted by molar-refractivity contribution is -0.124. The first kappa shape index (κ1) is 28.7. The van der Waals surface area contributed by atoms with Crippen LogP contribution in [0.3, 0.4) is 0 Å². The van der Waals surface area contributed by atoms with E-state index in [1.54, 1.807) is 32.1 Å². The zero-order valence-electron chi connectivity index (χ0n) is 21.4. The molecule has 38 heavy (non-hydrogen) atoms. The van der Waals surface area contributed by atoms with Gasteiger partial charge in [0, 0.05) is 38.6 Å². The van der Waals surface area contributed by atoms with Crippen LogP contribution in [0.4, 0.5) is 18.0 Å². The molecule has 2 aromatic rings. The molecular formula is C24H31F3N8O3. The van der Waals surface area contributed by atoms with E-state index in [1.807, 2.05) is 0 Å². The van der Waals surface area contributed by atoms with E-state index in [0.29, 0.717) is 29.9 Å². The number of carbonyl (C=O) groups excluding carboxylic acids is 1. The number of halogens is 3. The minimum Gasteiger partial charge on any atom is -0.444 e. The number of urea groups is 1. The lowest BCUT2D eigenvalue weighted by atomic mass is 10.1. The summed E-state index contributed by atoms with van der Waals surface area (Å²) in [5.41, 5.74) is 1.36. The van der Waals surface area contributed by atoms with Gasteiger partial charge in [0.05, 0.1) is 30.4 Å². The molecule has 11 nitrogen and oxygen atoms in total. The lowest BCUT2D eigenvalue weighted by Gasteiger charge is -2.21. The summed E-state index contributed by atoms with van der Waals surface area (Å²) in [7, 11) is 5.06. The first-order valence-corrected chi connectivity index (χ1v) is 11.7. The Morgan fingerprint density at radius 2 is 2.13 bits per heavy atom. The van der Waals surface area contributed by atoms with Crippen molar-refractivity contribution in [3.8, 4) is 11.5 Å². The molecule has 0 aliphatic carbocycles. The van der Waals surface area contributed by atoms with Crippen molar-refractivity contribution in [3.63, 3.8) is 0 Å². The largest absolute Gasteiger partial charge is 0.444 e. The van der Waals surface area contributed by atoms with Crippen molar-refractivity contribution < 1.29 is 27.5 Å². The van der Waals surface area contributed by atoms with Crippen LogP contribution in [0.2, 0.25) is 0 Å². The molecule has 2 unspecified atom stereocenters. The molecule has 2 aromatic heterocycles. The minimum absolute atomic E-state index is 0.0930. The molecule has 0 bridgehead atoms. The van der Waals surface area contributed by atoms with Gasteiger partial charge >= 0.3 is 12.2 Å². The Balaban J connectivity index is 1.74. The van der Waals surface area contributed by atoms with Crippen LogP contribution in [-0.4, -0.2) is 83.2 Å². The highest BCUT2D eigenvalue weighted by atomic mass is 19.4. The maximum Gasteiger partial charge on any atom is 0.392 e. The summed E-state index contributed by atoms with van der Waals surface area (Å²) in [6.45, 7) is 2.38. The van der Waals surface area contributed by atoms with Gasteiger partial charge in [0.25, 0.3) is 0 Å². The van der Waals surface area contributed by atoms with Gasteiger partial charge in [-0.1, -0.05) is 6.08 Å². The molecule has 3 heterocycles. The van der Waals surface area contributed by atoms with E-state index in [1.165, 1.54) is 36.5 Å². The summed E-state index contributed by atoms with van der Waals surface area (Å²) in [5.74, 6) is -0.0222. The number of oxazole rings is 1. The number of nitrogens with zero attached hydrogens (tertiary/aromatic N) is 4. The molecule has 1 fully saturated rings. The Hall–Kier alpha value is -3.91. The molecule has 0 spiro atoms. The fourth-order valence-corrected chi connectivity index (χ4v) is 3.77. The third-order valence-electron chi connectivity index (χ3n) is 5.87. The summed E-state index contributed by atoms with van der Waals surface area (Å²) in [4.78, 5) is 23.9. The number of aliphatic hydroxyl groups excluding tert-OH is 1. The topological polar surface area (TPSA) is 143 Å². The van der Waals surface area contributed by atoms with Gasteiger partial charge in [-0.05, 0) is 31.7 Å². The van der Waals surface area contributed by atoms with Gasteiger partial charge in [-0.3, -0.25) is 15.3 Å². The number of amidine groups is 1. The number of hydrogen-bond donors (Lipinski definition) is 5. The van der Waals surface area contributed by atoms with Crippen LogP contribution >= 0.6 is 0 Å². The van der Waals surface area contributed by atoms with Crippen molar-refractivity contribution in [2.75, 3.05) is 34.2 Å². The van der Waals surface area contributed by atoms with Gasteiger partial charge in [0.15, 0.2) is 12.1 Å². The van der Waals surface area contributed by atoms with Crippen LogP contribution in [0.1, 0.15) is 31.0 Å². The molecule has 3 rings (SSSR count). The minimum atomic E-state index is -4.32. The van der Waals surface area contributed by atoms with E-state index < -0.39 is 18.8 Å². The van der Waals surface area contributed by atoms with Gasteiger partial charge in [-0.25, -0.2) is 9.78 Å². The third kappa shape index (κ3) is 6.89. The summed E-state index contributed by atoms with van der Waals surface area (Å²) in [6, 6.07) is 2.65. The summed E-state index contributed by atoms with van der Waals surface area (Å²) >= 11 is 0. The number of allylic oxidation sites excluding steroid dienone is 2. The Morgan fingerprint density at radius 3 is 2.79 bits per heavy atom. The highest BCUT2D eigenvalue weighted by Gasteiger charge is 2.37. The number of pyridine rings is 1. The van der Waals surface area contributed by atoms with Crippen molar-refractivity contribution in [3.05, 3.63) is 54.0 Å². The maximum atomic E-state index is 12.7. The number of nitrogens with one attached hydrogen (secondary N) is 4. The van der Waals surface area contributed by atoms with Crippen molar-refractivity contribution in [2.24, 2.45) is 0 Å². The van der Waals surface area contributed by atoms with Crippen molar-refractivity contribution in [2.45, 2.75) is 31.8 Å². The standard InChI is InChI=1S/C24H31F3N8O3/c1-14(5-7-24(25,26)27)17-9-15(6-8-31-17)22-33-19(13-38-22)21(36)32-18(11-30-3)20(28)35-12-16(10-29-2)34(4)23(35)37/h5-6,8-9,11,13,16,21,28-30,32,36H,7,10,12H2,1-4H3/b14-5-,18-11+,28-20?. The number of rotatable bonds is 10. The number of likely N-dealkylation sites (N-methyl/N-ethyl adjacent to an activating group) is 2. The highest BCUT2D eigenvalue weighted by Crippen LogP contribution is 2.26. The molecular weight excluding hydrogens is 505 g/mol. The van der Waals surface area contributed by atoms with E-state index in [-0.39, 0.29) is 35.2 Å². The number of hydrogen-bond acceptors (Lipinski definition) is 9. The van der Waals surface area contributed by atoms with E-state index in [2.05, 4.69) is 25.9 Å². The van der Waals surface area contributed by atoms with Crippen LogP contribution in [0.25, 0.3) is 17.0 Å². The van der Waals surface area contributed by atoms with Gasteiger partial charge in [0.2, 0.25) is 5.89 Å². The SMILES string of the molecule is CN/C=C(/NC(O)c1coc(-c2ccnc(/C(C)=C\CC(F)(F)F)c2)n1)C(=N)N1CC(CNC)N(C)C1=O. The van der Waals surface area contributed by atoms with E-state index in [0.717, 1.165) is 6.08 Å². The Kier molecular flexibility index (Phi) is 9.12. The van der Waals surface area contributed by atoms with Crippen molar-refractivity contribution >= 4 is 17.4 Å². The predicted molar refractivity (Wildman–Crippen MR) is 135 cm³/mol. The summed E-state index contributed by atoms with van der Waals surface area (Å²) < 4.78 is 43.1. The molecule has 0 saturated carbocycles. The van der Waals surface area contributed by atoms with E-state index in [9.17, 15) is 23.1 Å². The average molecular weight is 537 g/mol. The molecule has 0 aromatic carbocycles. The van der Waals surface area contributed by atoms with Gasteiger partial charge in [0.1, 0.15) is 12.0 Å². The monoisotopic (exact) mass is 536 g/mol. The number of carbonyl (C=O) groups is 1. The molecule has 2 amide bonds. The van der Waals surface area contributed by atoms with Gasteiger partial charge < -0.3 is 30.4 Å². The zero-order valence-corrected chi connectivity index (χ0v) is 21.4. The van der Waals surface area contributed by atoms with Crippen LogP contribution in [0.5, 0.6) is 0 Å². The second-order valence-corrected chi connectivity index (χ2v) is 8.67. The Bertz CT molecular complexity index is 1210. The summed E-state index contributed by atoms with van der Waals surface area (Å²) in [6.07, 6.45) is -1.65. The molecule has 2 atom stereocenters. The number of alkyl halides is 3. The second kappa shape index (κ2) is 12.1. The Labute approximate surface area is 217 Å².